The van der Waals surface area contributed by atoms with Gasteiger partial charge in [0.15, 0.2) is 5.17 Å². The highest BCUT2D eigenvalue weighted by molar-refractivity contribution is 8.14. The van der Waals surface area contributed by atoms with E-state index in [9.17, 15) is 29.4 Å². The fraction of sp³-hybridized carbons (Fsp3) is 0.207. The summed E-state index contributed by atoms with van der Waals surface area (Å²) in [4.78, 5) is 54.0. The Labute approximate surface area is 234 Å². The van der Waals surface area contributed by atoms with Gasteiger partial charge in [0.1, 0.15) is 0 Å². The molecule has 0 amide bonds. The van der Waals surface area contributed by atoms with Gasteiger partial charge in [-0.2, -0.15) is 0 Å². The number of fused-ring (bicyclic) bond motifs is 1. The van der Waals surface area contributed by atoms with Gasteiger partial charge in [0.2, 0.25) is 12.2 Å². The number of carboxylic acid groups (broad SMARTS) is 2. The van der Waals surface area contributed by atoms with Crippen LogP contribution in [-0.2, 0) is 19.1 Å². The standard InChI is InChI=1S/C18H14O8.C11H12N2S/c19-15(20)13(25-17(23)11-7-3-1-4-8-11)14(16(21)22)26-18(24)12-9-5-2-6-10-12;1-2-4-9(5-3-1)10-8-13-6-7-14-11(13)12-10/h1-10,13-14H,(H,19,20)(H,21,22);1-5,10H,6-8H2/t13-,14-;10-/m11/s1. The number of carbonyl (C=O) groups is 4. The van der Waals surface area contributed by atoms with Gasteiger partial charge < -0.3 is 24.6 Å². The van der Waals surface area contributed by atoms with Crippen LogP contribution in [0, 0.1) is 0 Å². The molecular weight excluding hydrogens is 536 g/mol. The Balaban J connectivity index is 0.000000219. The molecule has 0 saturated carbocycles. The molecule has 3 atom stereocenters. The van der Waals surface area contributed by atoms with E-state index < -0.39 is 36.1 Å². The Bertz CT molecular complexity index is 1300. The molecule has 3 aromatic rings. The number of esters is 2. The predicted octanol–water partition coefficient (Wildman–Crippen LogP) is 3.75. The molecule has 0 bridgehead atoms. The van der Waals surface area contributed by atoms with Crippen molar-refractivity contribution >= 4 is 40.8 Å². The van der Waals surface area contributed by atoms with Gasteiger partial charge in [0.05, 0.1) is 17.2 Å². The number of ether oxygens (including phenoxy) is 2. The van der Waals surface area contributed by atoms with Gasteiger partial charge >= 0.3 is 23.9 Å². The van der Waals surface area contributed by atoms with Crippen molar-refractivity contribution in [3.8, 4) is 0 Å². The summed E-state index contributed by atoms with van der Waals surface area (Å²) in [5, 5.41) is 19.7. The second-order valence-corrected chi connectivity index (χ2v) is 9.76. The van der Waals surface area contributed by atoms with E-state index >= 15 is 0 Å². The van der Waals surface area contributed by atoms with Gasteiger partial charge in [-0.15, -0.1) is 0 Å². The van der Waals surface area contributed by atoms with E-state index in [1.54, 1.807) is 12.1 Å². The van der Waals surface area contributed by atoms with E-state index in [-0.39, 0.29) is 11.1 Å². The summed E-state index contributed by atoms with van der Waals surface area (Å²) in [5.74, 6) is -4.43. The van der Waals surface area contributed by atoms with E-state index in [1.165, 1.54) is 71.6 Å². The maximum atomic E-state index is 12.0. The number of carbonyl (C=O) groups excluding carboxylic acids is 2. The van der Waals surface area contributed by atoms with Gasteiger partial charge in [0.25, 0.3) is 0 Å². The molecule has 2 aliphatic rings. The van der Waals surface area contributed by atoms with Crippen molar-refractivity contribution in [2.75, 3.05) is 18.8 Å². The first-order valence-electron chi connectivity index (χ1n) is 12.3. The van der Waals surface area contributed by atoms with Crippen LogP contribution >= 0.6 is 11.8 Å². The second-order valence-electron chi connectivity index (χ2n) is 8.69. The largest absolute Gasteiger partial charge is 0.478 e. The number of hydrogen-bond acceptors (Lipinski definition) is 9. The van der Waals surface area contributed by atoms with Crippen LogP contribution in [-0.4, -0.2) is 75.2 Å². The molecule has 2 N–H and O–H groups in total. The van der Waals surface area contributed by atoms with Crippen LogP contribution < -0.4 is 0 Å². The first kappa shape index (κ1) is 28.4. The average Bonchev–Trinajstić information content (AvgIpc) is 3.59. The summed E-state index contributed by atoms with van der Waals surface area (Å²) in [5.41, 5.74) is 1.39. The maximum absolute atomic E-state index is 12.0. The van der Waals surface area contributed by atoms with Gasteiger partial charge in [0, 0.05) is 18.8 Å². The molecule has 2 aliphatic heterocycles. The Morgan fingerprint density at radius 2 is 1.20 bits per heavy atom. The lowest BCUT2D eigenvalue weighted by Crippen LogP contribution is -2.45. The van der Waals surface area contributed by atoms with Gasteiger partial charge in [-0.1, -0.05) is 78.5 Å². The summed E-state index contributed by atoms with van der Waals surface area (Å²) >= 11 is 1.89. The van der Waals surface area contributed by atoms with Crippen molar-refractivity contribution < 1.29 is 38.9 Å². The quantitative estimate of drug-likeness (QED) is 0.390. The Kier molecular flexibility index (Phi) is 9.53. The van der Waals surface area contributed by atoms with Gasteiger partial charge in [-0.3, -0.25) is 4.99 Å². The first-order chi connectivity index (χ1) is 19.3. The highest BCUT2D eigenvalue weighted by atomic mass is 32.2. The van der Waals surface area contributed by atoms with Gasteiger partial charge in [-0.05, 0) is 29.8 Å². The molecule has 0 spiro atoms. The molecule has 0 unspecified atom stereocenters. The van der Waals surface area contributed by atoms with E-state index in [2.05, 4.69) is 35.2 Å². The monoisotopic (exact) mass is 562 g/mol. The van der Waals surface area contributed by atoms with Crippen LogP contribution in [0.5, 0.6) is 0 Å². The second kappa shape index (κ2) is 13.4. The zero-order chi connectivity index (χ0) is 28.5. The van der Waals surface area contributed by atoms with Crippen LogP contribution in [0.3, 0.4) is 0 Å². The molecule has 11 heteroatoms. The van der Waals surface area contributed by atoms with Crippen molar-refractivity contribution in [3.63, 3.8) is 0 Å². The average molecular weight is 563 g/mol. The van der Waals surface area contributed by atoms with E-state index in [0.29, 0.717) is 6.04 Å². The number of aliphatic imine (C=N–C) groups is 1. The Morgan fingerprint density at radius 1 is 0.750 bits per heavy atom. The first-order valence-corrected chi connectivity index (χ1v) is 13.3. The molecule has 206 valence electrons. The number of benzene rings is 3. The van der Waals surface area contributed by atoms with Crippen molar-refractivity contribution in [1.82, 2.24) is 4.90 Å². The van der Waals surface area contributed by atoms with E-state index in [1.807, 2.05) is 11.8 Å². The normalized spacial score (nSPS) is 16.9. The lowest BCUT2D eigenvalue weighted by atomic mass is 10.1. The number of hydrogen-bond donors (Lipinski definition) is 2. The lowest BCUT2D eigenvalue weighted by Gasteiger charge is -2.21. The molecule has 10 nitrogen and oxygen atoms in total. The molecule has 1 saturated heterocycles. The molecule has 2 heterocycles. The fourth-order valence-electron chi connectivity index (χ4n) is 3.96. The van der Waals surface area contributed by atoms with Crippen LogP contribution in [0.4, 0.5) is 0 Å². The number of rotatable bonds is 8. The molecule has 0 aromatic heterocycles. The number of carboxylic acids is 2. The fourth-order valence-corrected chi connectivity index (χ4v) is 5.00. The molecule has 3 aromatic carbocycles. The molecule has 5 rings (SSSR count). The van der Waals surface area contributed by atoms with E-state index in [0.717, 1.165) is 6.54 Å². The van der Waals surface area contributed by atoms with Crippen LogP contribution in [0.2, 0.25) is 0 Å². The van der Waals surface area contributed by atoms with E-state index in [4.69, 9.17) is 14.5 Å². The summed E-state index contributed by atoms with van der Waals surface area (Å²) in [7, 11) is 0. The van der Waals surface area contributed by atoms with Crippen molar-refractivity contribution in [2.45, 2.75) is 18.2 Å². The van der Waals surface area contributed by atoms with Crippen LogP contribution in [0.1, 0.15) is 32.3 Å². The Hall–Kier alpha value is -4.64. The van der Waals surface area contributed by atoms with Crippen molar-refractivity contribution in [2.24, 2.45) is 4.99 Å². The summed E-state index contributed by atoms with van der Waals surface area (Å²) in [6, 6.07) is 25.8. The third kappa shape index (κ3) is 7.26. The highest BCUT2D eigenvalue weighted by Gasteiger charge is 2.41. The molecule has 40 heavy (non-hydrogen) atoms. The van der Waals surface area contributed by atoms with Crippen LogP contribution in [0.15, 0.2) is 96.0 Å². The highest BCUT2D eigenvalue weighted by Crippen LogP contribution is 2.31. The number of thioether (sulfide) groups is 1. The SMILES string of the molecule is O=C(O[C@@H](C(=O)O)[C@@H](OC(=O)c1ccccc1)C(=O)O)c1ccccc1.c1ccc([C@H]2CN3CCSC3=N2)cc1. The third-order valence-electron chi connectivity index (χ3n) is 5.96. The Morgan fingerprint density at radius 3 is 1.62 bits per heavy atom. The summed E-state index contributed by atoms with van der Waals surface area (Å²) < 4.78 is 9.52. The lowest BCUT2D eigenvalue weighted by molar-refractivity contribution is -0.166. The van der Waals surface area contributed by atoms with Gasteiger partial charge in [-0.25, -0.2) is 19.2 Å². The topological polar surface area (TPSA) is 143 Å². The van der Waals surface area contributed by atoms with Crippen molar-refractivity contribution in [1.29, 1.82) is 0 Å². The summed E-state index contributed by atoms with van der Waals surface area (Å²) in [6.45, 7) is 2.25. The third-order valence-corrected chi connectivity index (χ3v) is 6.96. The zero-order valence-corrected chi connectivity index (χ0v) is 22.0. The minimum Gasteiger partial charge on any atom is -0.478 e. The summed E-state index contributed by atoms with van der Waals surface area (Å²) in [6.07, 6.45) is -4.43. The minimum absolute atomic E-state index is 0.0253. The zero-order valence-electron chi connectivity index (χ0n) is 21.2. The minimum atomic E-state index is -2.21. The number of nitrogens with zero attached hydrogens (tertiary/aromatic N) is 2. The van der Waals surface area contributed by atoms with Crippen molar-refractivity contribution in [3.05, 3.63) is 108 Å². The van der Waals surface area contributed by atoms with Crippen LogP contribution in [0.25, 0.3) is 0 Å². The molecule has 1 fully saturated rings. The smallest absolute Gasteiger partial charge is 0.349 e. The number of amidine groups is 1. The maximum Gasteiger partial charge on any atom is 0.349 e. The molecule has 0 aliphatic carbocycles. The predicted molar refractivity (Wildman–Crippen MR) is 147 cm³/mol. The number of aliphatic carboxylic acids is 2. The molecular formula is C29H26N2O8S. The molecule has 0 radical (unpaired) electrons.